The number of hydrogen-bond acceptors (Lipinski definition) is 8. The standard InChI is InChI=1S/C21H23N7O2S2/c1-4-12-27-20(16-7-5-6-15(2)13-16)23-24-21(27)31-14-19-22-25-26-28(19)17-8-10-18(11-9-17)32(3,29)30/h5-11,13H,4,12,14H2,1-3H3. The number of aromatic nitrogens is 7. The molecule has 0 aliphatic rings. The van der Waals surface area contributed by atoms with Gasteiger partial charge < -0.3 is 4.57 Å². The Bertz CT molecular complexity index is 1330. The molecule has 11 heteroatoms. The molecule has 0 radical (unpaired) electrons. The summed E-state index contributed by atoms with van der Waals surface area (Å²) in [6.45, 7) is 4.98. The number of hydrogen-bond donors (Lipinski definition) is 0. The quantitative estimate of drug-likeness (QED) is 0.362. The molecule has 0 saturated carbocycles. The van der Waals surface area contributed by atoms with Gasteiger partial charge in [0.2, 0.25) is 0 Å². The van der Waals surface area contributed by atoms with Gasteiger partial charge in [0.15, 0.2) is 26.6 Å². The van der Waals surface area contributed by atoms with Crippen LogP contribution in [0, 0.1) is 6.92 Å². The fourth-order valence-corrected chi connectivity index (χ4v) is 4.78. The van der Waals surface area contributed by atoms with Gasteiger partial charge in [-0.3, -0.25) is 0 Å². The predicted molar refractivity (Wildman–Crippen MR) is 122 cm³/mol. The van der Waals surface area contributed by atoms with Crippen molar-refractivity contribution in [3.8, 4) is 17.1 Å². The Morgan fingerprint density at radius 1 is 1.03 bits per heavy atom. The molecule has 4 aromatic rings. The number of rotatable bonds is 8. The van der Waals surface area contributed by atoms with Crippen molar-refractivity contribution in [2.75, 3.05) is 6.26 Å². The molecule has 9 nitrogen and oxygen atoms in total. The minimum atomic E-state index is -3.26. The molecular formula is C21H23N7O2S2. The van der Waals surface area contributed by atoms with Gasteiger partial charge in [-0.25, -0.2) is 8.42 Å². The summed E-state index contributed by atoms with van der Waals surface area (Å²) in [5.41, 5.74) is 2.89. The average molecular weight is 470 g/mol. The van der Waals surface area contributed by atoms with Gasteiger partial charge in [-0.2, -0.15) is 4.68 Å². The number of tetrazole rings is 1. The summed E-state index contributed by atoms with van der Waals surface area (Å²) in [5, 5.41) is 21.6. The van der Waals surface area contributed by atoms with Crippen LogP contribution in [0.2, 0.25) is 0 Å². The fourth-order valence-electron chi connectivity index (χ4n) is 3.28. The first-order valence-electron chi connectivity index (χ1n) is 10.1. The zero-order chi connectivity index (χ0) is 22.7. The molecule has 0 fully saturated rings. The highest BCUT2D eigenvalue weighted by molar-refractivity contribution is 7.98. The maximum atomic E-state index is 11.7. The molecule has 4 rings (SSSR count). The van der Waals surface area contributed by atoms with Crippen molar-refractivity contribution >= 4 is 21.6 Å². The van der Waals surface area contributed by atoms with Crippen LogP contribution in [0.5, 0.6) is 0 Å². The van der Waals surface area contributed by atoms with Crippen LogP contribution < -0.4 is 0 Å². The summed E-state index contributed by atoms with van der Waals surface area (Å²) >= 11 is 1.51. The van der Waals surface area contributed by atoms with E-state index in [9.17, 15) is 8.42 Å². The van der Waals surface area contributed by atoms with Crippen LogP contribution in [-0.4, -0.2) is 49.6 Å². The Hall–Kier alpha value is -3.05. The third-order valence-electron chi connectivity index (χ3n) is 4.81. The SMILES string of the molecule is CCCn1c(SCc2nnnn2-c2ccc(S(C)(=O)=O)cc2)nnc1-c1cccc(C)c1. The molecule has 0 unspecified atom stereocenters. The maximum absolute atomic E-state index is 11.7. The van der Waals surface area contributed by atoms with Crippen LogP contribution >= 0.6 is 11.8 Å². The number of aryl methyl sites for hydroxylation is 1. The summed E-state index contributed by atoms with van der Waals surface area (Å²) in [6, 6.07) is 14.7. The van der Waals surface area contributed by atoms with E-state index in [0.717, 1.165) is 29.5 Å². The van der Waals surface area contributed by atoms with E-state index in [1.807, 2.05) is 12.1 Å². The third-order valence-corrected chi connectivity index (χ3v) is 6.91. The van der Waals surface area contributed by atoms with Crippen molar-refractivity contribution in [1.29, 1.82) is 0 Å². The molecule has 0 saturated heterocycles. The van der Waals surface area contributed by atoms with E-state index in [1.54, 1.807) is 28.9 Å². The molecule has 166 valence electrons. The van der Waals surface area contributed by atoms with E-state index >= 15 is 0 Å². The average Bonchev–Trinajstić information content (AvgIpc) is 3.39. The highest BCUT2D eigenvalue weighted by atomic mass is 32.2. The van der Waals surface area contributed by atoms with Crippen LogP contribution in [-0.2, 0) is 22.1 Å². The largest absolute Gasteiger partial charge is 0.302 e. The summed E-state index contributed by atoms with van der Waals surface area (Å²) < 4.78 is 27.1. The van der Waals surface area contributed by atoms with Crippen LogP contribution in [0.4, 0.5) is 0 Å². The Kier molecular flexibility index (Phi) is 6.38. The Morgan fingerprint density at radius 3 is 2.50 bits per heavy atom. The number of benzene rings is 2. The molecule has 32 heavy (non-hydrogen) atoms. The lowest BCUT2D eigenvalue weighted by Crippen LogP contribution is -2.05. The molecule has 0 atom stereocenters. The Morgan fingerprint density at radius 2 is 1.81 bits per heavy atom. The molecule has 2 heterocycles. The Balaban J connectivity index is 1.57. The van der Waals surface area contributed by atoms with Crippen molar-refractivity contribution in [1.82, 2.24) is 35.0 Å². The van der Waals surface area contributed by atoms with Crippen LogP contribution in [0.25, 0.3) is 17.1 Å². The minimum absolute atomic E-state index is 0.251. The van der Waals surface area contributed by atoms with Gasteiger partial charge in [-0.05, 0) is 54.1 Å². The lowest BCUT2D eigenvalue weighted by Gasteiger charge is -2.09. The van der Waals surface area contributed by atoms with Crippen LogP contribution in [0.15, 0.2) is 58.6 Å². The van der Waals surface area contributed by atoms with Gasteiger partial charge in [0, 0.05) is 18.4 Å². The molecule has 0 N–H and O–H groups in total. The minimum Gasteiger partial charge on any atom is -0.302 e. The zero-order valence-corrected chi connectivity index (χ0v) is 19.6. The molecule has 0 aliphatic carbocycles. The van der Waals surface area contributed by atoms with E-state index < -0.39 is 9.84 Å². The lowest BCUT2D eigenvalue weighted by molar-refractivity contribution is 0.602. The van der Waals surface area contributed by atoms with Crippen molar-refractivity contribution in [2.45, 2.75) is 42.6 Å². The van der Waals surface area contributed by atoms with E-state index in [1.165, 1.54) is 23.6 Å². The van der Waals surface area contributed by atoms with Crippen molar-refractivity contribution < 1.29 is 8.42 Å². The summed E-state index contributed by atoms with van der Waals surface area (Å²) in [5.74, 6) is 1.95. The second-order valence-corrected chi connectivity index (χ2v) is 10.3. The van der Waals surface area contributed by atoms with E-state index in [0.29, 0.717) is 17.3 Å². The van der Waals surface area contributed by atoms with Crippen molar-refractivity contribution in [3.63, 3.8) is 0 Å². The number of thioether (sulfide) groups is 1. The second-order valence-electron chi connectivity index (χ2n) is 7.39. The van der Waals surface area contributed by atoms with Gasteiger partial charge in [0.05, 0.1) is 16.3 Å². The smallest absolute Gasteiger partial charge is 0.191 e. The highest BCUT2D eigenvalue weighted by Crippen LogP contribution is 2.27. The van der Waals surface area contributed by atoms with Gasteiger partial charge in [0.25, 0.3) is 0 Å². The normalized spacial score (nSPS) is 11.7. The first kappa shape index (κ1) is 22.2. The molecule has 0 amide bonds. The van der Waals surface area contributed by atoms with Gasteiger partial charge >= 0.3 is 0 Å². The summed E-state index contributed by atoms with van der Waals surface area (Å²) in [6.07, 6.45) is 2.13. The summed E-state index contributed by atoms with van der Waals surface area (Å²) in [7, 11) is -3.26. The van der Waals surface area contributed by atoms with Gasteiger partial charge in [0.1, 0.15) is 0 Å². The first-order chi connectivity index (χ1) is 15.4. The van der Waals surface area contributed by atoms with Crippen molar-refractivity contribution in [2.24, 2.45) is 0 Å². The molecule has 2 aromatic heterocycles. The predicted octanol–water partition coefficient (Wildman–Crippen LogP) is 3.34. The number of sulfone groups is 1. The van der Waals surface area contributed by atoms with E-state index in [2.05, 4.69) is 56.3 Å². The van der Waals surface area contributed by atoms with Gasteiger partial charge in [-0.1, -0.05) is 42.4 Å². The molecule has 0 aliphatic heterocycles. The summed E-state index contributed by atoms with van der Waals surface area (Å²) in [4.78, 5) is 0.251. The number of nitrogens with zero attached hydrogens (tertiary/aromatic N) is 7. The van der Waals surface area contributed by atoms with Gasteiger partial charge in [-0.15, -0.1) is 15.3 Å². The van der Waals surface area contributed by atoms with Crippen LogP contribution in [0.1, 0.15) is 24.7 Å². The first-order valence-corrected chi connectivity index (χ1v) is 13.0. The maximum Gasteiger partial charge on any atom is 0.191 e. The molecule has 2 aromatic carbocycles. The topological polar surface area (TPSA) is 108 Å². The van der Waals surface area contributed by atoms with Crippen LogP contribution in [0.3, 0.4) is 0 Å². The van der Waals surface area contributed by atoms with E-state index in [4.69, 9.17) is 0 Å². The molecule has 0 spiro atoms. The zero-order valence-electron chi connectivity index (χ0n) is 18.0. The molecule has 0 bridgehead atoms. The highest BCUT2D eigenvalue weighted by Gasteiger charge is 2.17. The van der Waals surface area contributed by atoms with E-state index in [-0.39, 0.29) is 4.90 Å². The Labute approximate surface area is 190 Å². The molecular weight excluding hydrogens is 446 g/mol. The lowest BCUT2D eigenvalue weighted by atomic mass is 10.1. The third kappa shape index (κ3) is 4.73. The second kappa shape index (κ2) is 9.21. The monoisotopic (exact) mass is 469 g/mol. The fraction of sp³-hybridized carbons (Fsp3) is 0.286. The van der Waals surface area contributed by atoms with Crippen molar-refractivity contribution in [3.05, 3.63) is 59.9 Å².